The number of halogens is 3. The van der Waals surface area contributed by atoms with Crippen LogP contribution in [0, 0.1) is 5.21 Å². The summed E-state index contributed by atoms with van der Waals surface area (Å²) >= 11 is 0. The Balaban J connectivity index is 1.73. The van der Waals surface area contributed by atoms with Crippen LogP contribution >= 0.6 is 0 Å². The zero-order valence-electron chi connectivity index (χ0n) is 16.5. The lowest BCUT2D eigenvalue weighted by Gasteiger charge is -2.12. The van der Waals surface area contributed by atoms with E-state index in [0.29, 0.717) is 10.8 Å². The van der Waals surface area contributed by atoms with Crippen LogP contribution < -0.4 is 20.3 Å². The molecule has 1 heterocycles. The predicted molar refractivity (Wildman–Crippen MR) is 109 cm³/mol. The Morgan fingerprint density at radius 1 is 0.879 bits per heavy atom. The van der Waals surface area contributed by atoms with Crippen LogP contribution in [0.1, 0.15) is 26.3 Å². The molecule has 3 aromatic rings. The molecule has 0 aliphatic heterocycles. The van der Waals surface area contributed by atoms with Crippen LogP contribution in [0.2, 0.25) is 0 Å². The largest absolute Gasteiger partial charge is 0.619 e. The first kappa shape index (κ1) is 23.5. The third-order valence-corrected chi connectivity index (χ3v) is 5.55. The molecule has 13 heteroatoms. The van der Waals surface area contributed by atoms with E-state index in [1.165, 1.54) is 24.3 Å². The molecule has 0 bridgehead atoms. The third-order valence-electron chi connectivity index (χ3n) is 4.18. The lowest BCUT2D eigenvalue weighted by atomic mass is 10.2. The first-order chi connectivity index (χ1) is 15.5. The fourth-order valence-electron chi connectivity index (χ4n) is 2.62. The van der Waals surface area contributed by atoms with Crippen LogP contribution in [0.25, 0.3) is 0 Å². The molecule has 0 unspecified atom stereocenters. The molecule has 0 saturated heterocycles. The Hall–Kier alpha value is -4.13. The van der Waals surface area contributed by atoms with Crippen LogP contribution in [0.3, 0.4) is 0 Å². The first-order valence-electron chi connectivity index (χ1n) is 9.05. The lowest BCUT2D eigenvalue weighted by Crippen LogP contribution is -2.42. The molecular weight excluding hydrogens is 465 g/mol. The van der Waals surface area contributed by atoms with Gasteiger partial charge in [-0.1, -0.05) is 12.1 Å². The second-order valence-electron chi connectivity index (χ2n) is 6.57. The molecule has 0 atom stereocenters. The van der Waals surface area contributed by atoms with Crippen molar-refractivity contribution in [1.29, 1.82) is 0 Å². The van der Waals surface area contributed by atoms with Gasteiger partial charge in [-0.2, -0.15) is 17.9 Å². The molecule has 3 rings (SSSR count). The van der Waals surface area contributed by atoms with Gasteiger partial charge >= 0.3 is 6.18 Å². The van der Waals surface area contributed by atoms with Crippen molar-refractivity contribution in [3.05, 3.63) is 95.0 Å². The number of pyridine rings is 1. The number of rotatable bonds is 5. The van der Waals surface area contributed by atoms with Crippen LogP contribution in [0.4, 0.5) is 18.9 Å². The molecule has 0 aliphatic carbocycles. The van der Waals surface area contributed by atoms with Crippen LogP contribution in [0.5, 0.6) is 0 Å². The number of hydrogen-bond acceptors (Lipinski definition) is 5. The van der Waals surface area contributed by atoms with Gasteiger partial charge in [-0.15, -0.1) is 0 Å². The number of carbonyl (C=O) groups is 2. The summed E-state index contributed by atoms with van der Waals surface area (Å²) in [6.45, 7) is 0. The Morgan fingerprint density at radius 3 is 2.18 bits per heavy atom. The predicted octanol–water partition coefficient (Wildman–Crippen LogP) is 2.21. The number of sulfonamides is 1. The van der Waals surface area contributed by atoms with Gasteiger partial charge < -0.3 is 5.21 Å². The number of benzene rings is 2. The molecule has 1 aromatic heterocycles. The minimum absolute atomic E-state index is 0.0329. The zero-order chi connectivity index (χ0) is 24.2. The van der Waals surface area contributed by atoms with Crippen LogP contribution in [-0.4, -0.2) is 20.2 Å². The van der Waals surface area contributed by atoms with Gasteiger partial charge in [0.15, 0.2) is 12.4 Å². The van der Waals surface area contributed by atoms with Gasteiger partial charge in [0.25, 0.3) is 21.8 Å². The Morgan fingerprint density at radius 2 is 1.52 bits per heavy atom. The van der Waals surface area contributed by atoms with Crippen LogP contribution in [-0.2, 0) is 16.2 Å². The third kappa shape index (κ3) is 5.98. The molecular formula is C20H15F3N4O5S. The summed E-state index contributed by atoms with van der Waals surface area (Å²) in [6.07, 6.45) is -2.51. The van der Waals surface area contributed by atoms with Crippen molar-refractivity contribution < 1.29 is 35.9 Å². The fourth-order valence-corrected chi connectivity index (χ4v) is 3.72. The number of anilines is 1. The van der Waals surface area contributed by atoms with E-state index in [0.717, 1.165) is 42.7 Å². The summed E-state index contributed by atoms with van der Waals surface area (Å²) < 4.78 is 66.2. The van der Waals surface area contributed by atoms with E-state index in [2.05, 4.69) is 10.9 Å². The summed E-state index contributed by atoms with van der Waals surface area (Å²) in [5.41, 5.74) is 2.62. The van der Waals surface area contributed by atoms with E-state index in [-0.39, 0.29) is 16.8 Å². The summed E-state index contributed by atoms with van der Waals surface area (Å²) in [5.74, 6) is -1.66. The van der Waals surface area contributed by atoms with Crippen molar-refractivity contribution in [2.45, 2.75) is 11.1 Å². The standard InChI is InChI=1S/C20H15F3N4O5S/c21-20(22,23)15-6-2-7-16(11-15)26-33(31,32)17-8-1-4-13(10-17)18(28)24-25-19(29)14-5-3-9-27(30)12-14/h1-12,26H,(H,24,28)(H,25,29). The number of carbonyl (C=O) groups excluding carboxylic acids is 2. The summed E-state index contributed by atoms with van der Waals surface area (Å²) in [4.78, 5) is 23.9. The van der Waals surface area contributed by atoms with Crippen molar-refractivity contribution in [1.82, 2.24) is 10.9 Å². The lowest BCUT2D eigenvalue weighted by molar-refractivity contribution is -0.605. The van der Waals surface area contributed by atoms with E-state index in [1.54, 1.807) is 0 Å². The van der Waals surface area contributed by atoms with E-state index in [4.69, 9.17) is 0 Å². The average Bonchev–Trinajstić information content (AvgIpc) is 2.76. The smallest absolute Gasteiger partial charge is 0.416 e. The van der Waals surface area contributed by atoms with Crippen molar-refractivity contribution in [2.24, 2.45) is 0 Å². The highest BCUT2D eigenvalue weighted by molar-refractivity contribution is 7.92. The normalized spacial score (nSPS) is 11.5. The number of hydrogen-bond donors (Lipinski definition) is 3. The quantitative estimate of drug-likeness (QED) is 0.293. The number of hydrazine groups is 1. The molecule has 2 amide bonds. The molecule has 0 saturated carbocycles. The van der Waals surface area contributed by atoms with Gasteiger partial charge in [0.1, 0.15) is 5.56 Å². The number of aromatic nitrogens is 1. The van der Waals surface area contributed by atoms with Gasteiger partial charge in [0, 0.05) is 17.3 Å². The molecule has 0 spiro atoms. The molecule has 3 N–H and O–H groups in total. The summed E-state index contributed by atoms with van der Waals surface area (Å²) in [6, 6.07) is 10.9. The Labute approximate surface area is 185 Å². The molecule has 172 valence electrons. The van der Waals surface area contributed by atoms with Crippen LogP contribution in [0.15, 0.2) is 78.0 Å². The minimum Gasteiger partial charge on any atom is -0.619 e. The zero-order valence-corrected chi connectivity index (χ0v) is 17.3. The molecule has 0 aliphatic rings. The van der Waals surface area contributed by atoms with Gasteiger partial charge in [-0.25, -0.2) is 8.42 Å². The number of amides is 2. The SMILES string of the molecule is O=C(NNC(=O)c1ccc[n+]([O-])c1)c1cccc(S(=O)(=O)Nc2cccc(C(F)(F)F)c2)c1. The molecule has 0 radical (unpaired) electrons. The second kappa shape index (κ2) is 9.16. The fraction of sp³-hybridized carbons (Fsp3) is 0.0500. The number of alkyl halides is 3. The highest BCUT2D eigenvalue weighted by Gasteiger charge is 2.30. The summed E-state index contributed by atoms with van der Waals surface area (Å²) in [5, 5.41) is 11.2. The maximum atomic E-state index is 12.9. The highest BCUT2D eigenvalue weighted by atomic mass is 32.2. The Bertz CT molecular complexity index is 1310. The minimum atomic E-state index is -4.66. The van der Waals surface area contributed by atoms with E-state index < -0.39 is 38.5 Å². The molecule has 9 nitrogen and oxygen atoms in total. The van der Waals surface area contributed by atoms with E-state index in [9.17, 15) is 36.4 Å². The first-order valence-corrected chi connectivity index (χ1v) is 10.5. The van der Waals surface area contributed by atoms with Crippen molar-refractivity contribution in [3.8, 4) is 0 Å². The second-order valence-corrected chi connectivity index (χ2v) is 8.26. The van der Waals surface area contributed by atoms with E-state index >= 15 is 0 Å². The molecule has 0 fully saturated rings. The molecule has 2 aromatic carbocycles. The highest BCUT2D eigenvalue weighted by Crippen LogP contribution is 2.31. The van der Waals surface area contributed by atoms with Crippen molar-refractivity contribution >= 4 is 27.5 Å². The maximum absolute atomic E-state index is 12.9. The van der Waals surface area contributed by atoms with Gasteiger partial charge in [-0.05, 0) is 42.5 Å². The van der Waals surface area contributed by atoms with E-state index in [1.807, 2.05) is 4.72 Å². The maximum Gasteiger partial charge on any atom is 0.416 e. The number of nitrogens with zero attached hydrogens (tertiary/aromatic N) is 1. The topological polar surface area (TPSA) is 131 Å². The van der Waals surface area contributed by atoms with Gasteiger partial charge in [0.2, 0.25) is 0 Å². The van der Waals surface area contributed by atoms with Crippen molar-refractivity contribution in [2.75, 3.05) is 4.72 Å². The average molecular weight is 480 g/mol. The molecule has 33 heavy (non-hydrogen) atoms. The Kier molecular flexibility index (Phi) is 6.53. The summed E-state index contributed by atoms with van der Waals surface area (Å²) in [7, 11) is -4.33. The monoisotopic (exact) mass is 480 g/mol. The van der Waals surface area contributed by atoms with Gasteiger partial charge in [0.05, 0.1) is 10.5 Å². The van der Waals surface area contributed by atoms with Crippen molar-refractivity contribution in [3.63, 3.8) is 0 Å². The van der Waals surface area contributed by atoms with Gasteiger partial charge in [-0.3, -0.25) is 25.2 Å². The number of nitrogens with one attached hydrogen (secondary N) is 3.